The van der Waals surface area contributed by atoms with E-state index in [0.717, 1.165) is 25.8 Å². The van der Waals surface area contributed by atoms with E-state index in [-0.39, 0.29) is 6.03 Å². The molecule has 0 radical (unpaired) electrons. The molecular formula is C15H28N2O3. The second-order valence-corrected chi connectivity index (χ2v) is 5.63. The monoisotopic (exact) mass is 284 g/mol. The lowest BCUT2D eigenvalue weighted by molar-refractivity contribution is -0.143. The zero-order valence-electron chi connectivity index (χ0n) is 13.0. The number of hydrogen-bond acceptors (Lipinski definition) is 2. The number of likely N-dealkylation sites (tertiary alicyclic amines) is 1. The molecule has 1 saturated heterocycles. The third-order valence-electron chi connectivity index (χ3n) is 4.33. The molecule has 0 saturated carbocycles. The zero-order chi connectivity index (χ0) is 15.1. The van der Waals surface area contributed by atoms with Crippen LogP contribution in [0.25, 0.3) is 0 Å². The molecule has 0 bridgehead atoms. The Morgan fingerprint density at radius 2 is 1.95 bits per heavy atom. The number of carbonyl (C=O) groups is 2. The fourth-order valence-corrected chi connectivity index (χ4v) is 2.75. The molecule has 0 aliphatic carbocycles. The summed E-state index contributed by atoms with van der Waals surface area (Å²) >= 11 is 0. The summed E-state index contributed by atoms with van der Waals surface area (Å²) in [5.74, 6) is -0.663. The van der Waals surface area contributed by atoms with Crippen molar-refractivity contribution in [3.8, 4) is 0 Å². The number of nitrogens with zero attached hydrogens (tertiary/aromatic N) is 2. The molecule has 0 aromatic heterocycles. The van der Waals surface area contributed by atoms with Gasteiger partial charge in [-0.05, 0) is 25.7 Å². The highest BCUT2D eigenvalue weighted by Crippen LogP contribution is 2.19. The second kappa shape index (κ2) is 8.12. The average molecular weight is 284 g/mol. The van der Waals surface area contributed by atoms with Gasteiger partial charge in [0.2, 0.25) is 0 Å². The Bertz CT molecular complexity index is 329. The van der Waals surface area contributed by atoms with Crippen molar-refractivity contribution >= 4 is 12.0 Å². The lowest BCUT2D eigenvalue weighted by atomic mass is 9.98. The van der Waals surface area contributed by atoms with Crippen molar-refractivity contribution in [1.82, 2.24) is 9.80 Å². The number of carboxylic acids is 1. The molecule has 0 unspecified atom stereocenters. The zero-order valence-corrected chi connectivity index (χ0v) is 13.0. The fourth-order valence-electron chi connectivity index (χ4n) is 2.75. The summed E-state index contributed by atoms with van der Waals surface area (Å²) in [6, 6.07) is 0.00495. The molecule has 5 heteroatoms. The highest BCUT2D eigenvalue weighted by Gasteiger charge is 2.30. The van der Waals surface area contributed by atoms with Crippen LogP contribution in [0.15, 0.2) is 0 Å². The van der Waals surface area contributed by atoms with Crippen LogP contribution in [0.5, 0.6) is 0 Å². The van der Waals surface area contributed by atoms with Gasteiger partial charge in [0.25, 0.3) is 0 Å². The Morgan fingerprint density at radius 1 is 1.30 bits per heavy atom. The molecule has 20 heavy (non-hydrogen) atoms. The molecule has 1 rings (SSSR count). The first-order valence-electron chi connectivity index (χ1n) is 7.80. The molecule has 1 atom stereocenters. The molecular weight excluding hydrogens is 256 g/mol. The van der Waals surface area contributed by atoms with Crippen molar-refractivity contribution in [3.63, 3.8) is 0 Å². The van der Waals surface area contributed by atoms with Gasteiger partial charge in [-0.15, -0.1) is 0 Å². The van der Waals surface area contributed by atoms with Gasteiger partial charge in [0, 0.05) is 26.2 Å². The third-order valence-corrected chi connectivity index (χ3v) is 4.33. The van der Waals surface area contributed by atoms with Crippen molar-refractivity contribution < 1.29 is 14.7 Å². The summed E-state index contributed by atoms with van der Waals surface area (Å²) in [6.07, 6.45) is 3.60. The molecule has 1 aliphatic heterocycles. The largest absolute Gasteiger partial charge is 0.481 e. The van der Waals surface area contributed by atoms with E-state index in [1.165, 1.54) is 0 Å². The van der Waals surface area contributed by atoms with Crippen molar-refractivity contribution in [1.29, 1.82) is 0 Å². The van der Waals surface area contributed by atoms with Crippen LogP contribution in [0.4, 0.5) is 4.79 Å². The van der Waals surface area contributed by atoms with Gasteiger partial charge < -0.3 is 14.9 Å². The van der Waals surface area contributed by atoms with Crippen LogP contribution in [-0.4, -0.2) is 53.1 Å². The summed E-state index contributed by atoms with van der Waals surface area (Å²) in [5.41, 5.74) is 0. The van der Waals surface area contributed by atoms with Gasteiger partial charge in [-0.1, -0.05) is 26.7 Å². The first kappa shape index (κ1) is 16.8. The van der Waals surface area contributed by atoms with E-state index < -0.39 is 11.9 Å². The third kappa shape index (κ3) is 4.39. The summed E-state index contributed by atoms with van der Waals surface area (Å²) in [4.78, 5) is 27.2. The van der Waals surface area contributed by atoms with Gasteiger partial charge in [-0.3, -0.25) is 4.79 Å². The van der Waals surface area contributed by atoms with Crippen LogP contribution in [0.1, 0.15) is 46.5 Å². The number of carbonyl (C=O) groups excluding carboxylic acids is 1. The number of aliphatic carboxylic acids is 1. The highest BCUT2D eigenvalue weighted by molar-refractivity contribution is 5.76. The van der Waals surface area contributed by atoms with Crippen molar-refractivity contribution in [3.05, 3.63) is 0 Å². The van der Waals surface area contributed by atoms with E-state index in [9.17, 15) is 9.59 Å². The molecule has 1 fully saturated rings. The van der Waals surface area contributed by atoms with E-state index in [1.54, 1.807) is 4.90 Å². The number of urea groups is 1. The first-order chi connectivity index (χ1) is 9.53. The van der Waals surface area contributed by atoms with Gasteiger partial charge in [-0.2, -0.15) is 0 Å². The number of carboxylic acid groups (broad SMARTS) is 1. The lowest BCUT2D eigenvalue weighted by Gasteiger charge is -2.36. The molecule has 1 N–H and O–H groups in total. The number of amides is 2. The maximum absolute atomic E-state index is 12.5. The first-order valence-corrected chi connectivity index (χ1v) is 7.80. The minimum Gasteiger partial charge on any atom is -0.481 e. The van der Waals surface area contributed by atoms with Crippen molar-refractivity contribution in [2.45, 2.75) is 46.5 Å². The van der Waals surface area contributed by atoms with Crippen LogP contribution in [0.3, 0.4) is 0 Å². The molecule has 116 valence electrons. The Hall–Kier alpha value is -1.26. The van der Waals surface area contributed by atoms with Crippen molar-refractivity contribution in [2.24, 2.45) is 11.8 Å². The fraction of sp³-hybridized carbons (Fsp3) is 0.867. The van der Waals surface area contributed by atoms with Gasteiger partial charge >= 0.3 is 12.0 Å². The quantitative estimate of drug-likeness (QED) is 0.815. The standard InChI is InChI=1S/C15H28N2O3/c1-4-12(5-2)10-16(6-3)15(20)17-9-7-8-13(11-17)14(18)19/h12-13H,4-11H2,1-3H3,(H,18,19)/t13-/m0/s1. The van der Waals surface area contributed by atoms with Crippen LogP contribution in [0.2, 0.25) is 0 Å². The molecule has 0 aromatic rings. The molecule has 2 amide bonds. The summed E-state index contributed by atoms with van der Waals surface area (Å²) in [5, 5.41) is 9.10. The summed E-state index contributed by atoms with van der Waals surface area (Å²) < 4.78 is 0. The van der Waals surface area contributed by atoms with Crippen LogP contribution in [-0.2, 0) is 4.79 Å². The van der Waals surface area contributed by atoms with Gasteiger partial charge in [-0.25, -0.2) is 4.79 Å². The topological polar surface area (TPSA) is 60.9 Å². The molecule has 0 spiro atoms. The van der Waals surface area contributed by atoms with Crippen LogP contribution < -0.4 is 0 Å². The van der Waals surface area contributed by atoms with E-state index in [2.05, 4.69) is 13.8 Å². The van der Waals surface area contributed by atoms with Crippen LogP contribution >= 0.6 is 0 Å². The Labute approximate surface area is 121 Å². The van der Waals surface area contributed by atoms with Gasteiger partial charge in [0.15, 0.2) is 0 Å². The number of piperidine rings is 1. The van der Waals surface area contributed by atoms with Gasteiger partial charge in [0.05, 0.1) is 5.92 Å². The molecule has 1 aliphatic rings. The highest BCUT2D eigenvalue weighted by atomic mass is 16.4. The van der Waals surface area contributed by atoms with E-state index >= 15 is 0 Å². The Balaban J connectivity index is 2.63. The number of rotatable bonds is 6. The second-order valence-electron chi connectivity index (χ2n) is 5.63. The predicted octanol–water partition coefficient (Wildman–Crippen LogP) is 2.66. The summed E-state index contributed by atoms with van der Waals surface area (Å²) in [7, 11) is 0. The van der Waals surface area contributed by atoms with E-state index in [1.807, 2.05) is 11.8 Å². The Morgan fingerprint density at radius 3 is 2.45 bits per heavy atom. The lowest BCUT2D eigenvalue weighted by Crippen LogP contribution is -2.49. The molecule has 0 aromatic carbocycles. The number of hydrogen-bond donors (Lipinski definition) is 1. The minimum absolute atomic E-state index is 0.00495. The predicted molar refractivity (Wildman–Crippen MR) is 78.6 cm³/mol. The normalized spacial score (nSPS) is 19.2. The van der Waals surface area contributed by atoms with Gasteiger partial charge in [0.1, 0.15) is 0 Å². The Kier molecular flexibility index (Phi) is 6.82. The van der Waals surface area contributed by atoms with Crippen LogP contribution in [0, 0.1) is 11.8 Å². The molecule has 5 nitrogen and oxygen atoms in total. The van der Waals surface area contributed by atoms with Crippen molar-refractivity contribution in [2.75, 3.05) is 26.2 Å². The average Bonchev–Trinajstić information content (AvgIpc) is 2.48. The minimum atomic E-state index is -0.787. The SMILES string of the molecule is CCC(CC)CN(CC)C(=O)N1CCC[C@H](C(=O)O)C1. The maximum Gasteiger partial charge on any atom is 0.320 e. The maximum atomic E-state index is 12.5. The molecule has 1 heterocycles. The smallest absolute Gasteiger partial charge is 0.320 e. The van der Waals surface area contributed by atoms with E-state index in [4.69, 9.17) is 5.11 Å². The van der Waals surface area contributed by atoms with E-state index in [0.29, 0.717) is 32.0 Å². The summed E-state index contributed by atoms with van der Waals surface area (Å²) in [6.45, 7) is 8.77.